The number of hydrogen-bond acceptors (Lipinski definition) is 4. The molecule has 4 heteroatoms. The van der Waals surface area contributed by atoms with E-state index in [2.05, 4.69) is 97.1 Å². The highest BCUT2D eigenvalue weighted by Crippen LogP contribution is 2.41. The lowest BCUT2D eigenvalue weighted by Gasteiger charge is -2.18. The van der Waals surface area contributed by atoms with Gasteiger partial charge in [-0.15, -0.1) is 0 Å². The predicted molar refractivity (Wildman–Crippen MR) is 195 cm³/mol. The van der Waals surface area contributed by atoms with Crippen LogP contribution in [0.4, 0.5) is 0 Å². The lowest BCUT2D eigenvalue weighted by atomic mass is 9.80. The fraction of sp³-hybridized carbons (Fsp3) is 0.0909. The van der Waals surface area contributed by atoms with Gasteiger partial charge in [0, 0.05) is 76.1 Å². The van der Waals surface area contributed by atoms with Gasteiger partial charge in [-0.25, -0.2) is 0 Å². The molecule has 0 saturated heterocycles. The summed E-state index contributed by atoms with van der Waals surface area (Å²) in [7, 11) is 6.78. The smallest absolute Gasteiger partial charge is 0.129 e. The molecule has 234 valence electrons. The SMILES string of the molecule is COc1ccc([C+](c2ccc(OC)cc2)c2cccc3cc4cccc([C+](c5ccc(OC)cc5)c5ccc(OC)cc5)c4cc23)cc1. The van der Waals surface area contributed by atoms with E-state index in [-0.39, 0.29) is 0 Å². The highest BCUT2D eigenvalue weighted by atomic mass is 16.5. The van der Waals surface area contributed by atoms with Crippen molar-refractivity contribution in [3.05, 3.63) is 191 Å². The van der Waals surface area contributed by atoms with E-state index in [9.17, 15) is 0 Å². The molecule has 0 aliphatic heterocycles. The van der Waals surface area contributed by atoms with Crippen molar-refractivity contribution in [1.29, 1.82) is 0 Å². The predicted octanol–water partition coefficient (Wildman–Crippen LogP) is 10.1. The zero-order chi connectivity index (χ0) is 33.0. The van der Waals surface area contributed by atoms with Gasteiger partial charge in [-0.2, -0.15) is 0 Å². The molecule has 0 saturated carbocycles. The van der Waals surface area contributed by atoms with E-state index in [1.807, 2.05) is 48.5 Å². The van der Waals surface area contributed by atoms with Gasteiger partial charge in [0.05, 0.1) is 73.7 Å². The van der Waals surface area contributed by atoms with Crippen molar-refractivity contribution in [1.82, 2.24) is 0 Å². The molecule has 7 aromatic rings. The second kappa shape index (κ2) is 13.4. The van der Waals surface area contributed by atoms with E-state index in [0.29, 0.717) is 0 Å². The summed E-state index contributed by atoms with van der Waals surface area (Å²) < 4.78 is 22.0. The lowest BCUT2D eigenvalue weighted by Crippen LogP contribution is -2.07. The minimum absolute atomic E-state index is 0.821. The first-order chi connectivity index (χ1) is 23.6. The summed E-state index contributed by atoms with van der Waals surface area (Å²) in [6.07, 6.45) is 0. The Morgan fingerprint density at radius 2 is 0.625 bits per heavy atom. The fourth-order valence-corrected chi connectivity index (χ4v) is 6.47. The standard InChI is InChI=1S/C44H36O4/c1-45-35-19-11-29(12-20-35)43(30-13-21-36(46-2)22-14-30)39-9-5-7-33-27-34-8-6-10-40(42(34)28-41(33)39)44(31-15-23-37(47-3)24-16-31)32-17-25-38(48-4)26-18-32/h5-28H,1-4H3/q+2. The molecule has 0 amide bonds. The van der Waals surface area contributed by atoms with E-state index in [4.69, 9.17) is 18.9 Å². The molecule has 7 aromatic carbocycles. The van der Waals surface area contributed by atoms with Crippen LogP contribution in [-0.2, 0) is 0 Å². The fourth-order valence-electron chi connectivity index (χ4n) is 6.47. The maximum Gasteiger partial charge on any atom is 0.129 e. The van der Waals surface area contributed by atoms with E-state index in [1.54, 1.807) is 28.4 Å². The molecule has 0 bridgehead atoms. The summed E-state index contributed by atoms with van der Waals surface area (Å²) in [5.74, 6) is 5.56. The van der Waals surface area contributed by atoms with Gasteiger partial charge < -0.3 is 18.9 Å². The molecular weight excluding hydrogens is 592 g/mol. The Hall–Kier alpha value is -6.00. The Morgan fingerprint density at radius 1 is 0.333 bits per heavy atom. The summed E-state index contributed by atoms with van der Waals surface area (Å²) in [4.78, 5) is 0. The van der Waals surface area contributed by atoms with E-state index >= 15 is 0 Å². The van der Waals surface area contributed by atoms with E-state index in [1.165, 1.54) is 21.5 Å². The molecule has 4 nitrogen and oxygen atoms in total. The zero-order valence-corrected chi connectivity index (χ0v) is 27.5. The van der Waals surface area contributed by atoms with Crippen LogP contribution in [-0.4, -0.2) is 28.4 Å². The van der Waals surface area contributed by atoms with Crippen LogP contribution >= 0.6 is 0 Å². The second-order valence-corrected chi connectivity index (χ2v) is 11.6. The van der Waals surface area contributed by atoms with Gasteiger partial charge in [-0.1, -0.05) is 0 Å². The topological polar surface area (TPSA) is 36.9 Å². The van der Waals surface area contributed by atoms with Crippen LogP contribution in [0.1, 0.15) is 33.4 Å². The number of methoxy groups -OCH3 is 4. The zero-order valence-electron chi connectivity index (χ0n) is 27.5. The average Bonchev–Trinajstić information content (AvgIpc) is 3.15. The minimum Gasteiger partial charge on any atom is -0.496 e. The largest absolute Gasteiger partial charge is 0.496 e. The molecule has 0 radical (unpaired) electrons. The summed E-state index contributed by atoms with van der Waals surface area (Å²) in [5.41, 5.74) is 6.71. The van der Waals surface area contributed by atoms with Gasteiger partial charge in [0.2, 0.25) is 0 Å². The first-order valence-corrected chi connectivity index (χ1v) is 15.9. The normalized spacial score (nSPS) is 10.9. The molecule has 0 fully saturated rings. The maximum absolute atomic E-state index is 5.50. The third-order valence-electron chi connectivity index (χ3n) is 8.93. The molecule has 0 atom stereocenters. The quantitative estimate of drug-likeness (QED) is 0.0858. The van der Waals surface area contributed by atoms with Gasteiger partial charge in [0.25, 0.3) is 0 Å². The lowest BCUT2D eigenvalue weighted by molar-refractivity contribution is 0.414. The molecule has 0 unspecified atom stereocenters. The Kier molecular flexibility index (Phi) is 8.55. The van der Waals surface area contributed by atoms with Gasteiger partial charge in [0.15, 0.2) is 0 Å². The molecular formula is C44H36O4+2. The Balaban J connectivity index is 1.46. The average molecular weight is 629 g/mol. The Morgan fingerprint density at radius 3 is 0.896 bits per heavy atom. The Bertz CT molecular complexity index is 1900. The van der Waals surface area contributed by atoms with Crippen LogP contribution in [0.25, 0.3) is 21.5 Å². The van der Waals surface area contributed by atoms with Crippen molar-refractivity contribution < 1.29 is 18.9 Å². The second-order valence-electron chi connectivity index (χ2n) is 11.6. The number of fused-ring (bicyclic) bond motifs is 2. The summed E-state index contributed by atoms with van der Waals surface area (Å²) in [5, 5.41) is 4.69. The van der Waals surface area contributed by atoms with Crippen molar-refractivity contribution in [2.24, 2.45) is 0 Å². The van der Waals surface area contributed by atoms with E-state index < -0.39 is 0 Å². The molecule has 0 spiro atoms. The third-order valence-corrected chi connectivity index (χ3v) is 8.93. The summed E-state index contributed by atoms with van der Waals surface area (Å²) in [6, 6.07) is 50.9. The third kappa shape index (κ3) is 5.85. The van der Waals surface area contributed by atoms with Crippen molar-refractivity contribution in [3.63, 3.8) is 0 Å². The molecule has 0 aliphatic carbocycles. The summed E-state index contributed by atoms with van der Waals surface area (Å²) >= 11 is 0. The van der Waals surface area contributed by atoms with Gasteiger partial charge >= 0.3 is 0 Å². The van der Waals surface area contributed by atoms with Gasteiger partial charge in [-0.05, 0) is 91.0 Å². The number of rotatable bonds is 10. The molecule has 0 heterocycles. The highest BCUT2D eigenvalue weighted by molar-refractivity contribution is 6.03. The summed E-state index contributed by atoms with van der Waals surface area (Å²) in [6.45, 7) is 0. The maximum atomic E-state index is 5.50. The Labute approximate surface area is 282 Å². The van der Waals surface area contributed by atoms with Crippen LogP contribution in [0.2, 0.25) is 0 Å². The molecule has 0 aromatic heterocycles. The van der Waals surface area contributed by atoms with Crippen molar-refractivity contribution in [2.45, 2.75) is 0 Å². The highest BCUT2D eigenvalue weighted by Gasteiger charge is 2.28. The van der Waals surface area contributed by atoms with Crippen LogP contribution in [0.5, 0.6) is 23.0 Å². The van der Waals surface area contributed by atoms with E-state index in [0.717, 1.165) is 68.2 Å². The monoisotopic (exact) mass is 628 g/mol. The van der Waals surface area contributed by atoms with Crippen LogP contribution in [0.15, 0.2) is 146 Å². The first-order valence-electron chi connectivity index (χ1n) is 15.9. The van der Waals surface area contributed by atoms with Crippen molar-refractivity contribution >= 4 is 21.5 Å². The molecule has 7 rings (SSSR count). The molecule has 48 heavy (non-hydrogen) atoms. The first kappa shape index (κ1) is 30.6. The molecule has 0 aliphatic rings. The molecule has 0 N–H and O–H groups in total. The van der Waals surface area contributed by atoms with Crippen molar-refractivity contribution in [3.8, 4) is 23.0 Å². The van der Waals surface area contributed by atoms with Crippen LogP contribution in [0, 0.1) is 11.8 Å². The number of hydrogen-bond donors (Lipinski definition) is 0. The number of benzene rings is 7. The van der Waals surface area contributed by atoms with Gasteiger partial charge in [-0.3, -0.25) is 0 Å². The minimum atomic E-state index is 0.821. The van der Waals surface area contributed by atoms with Crippen LogP contribution in [0.3, 0.4) is 0 Å². The van der Waals surface area contributed by atoms with Crippen molar-refractivity contribution in [2.75, 3.05) is 28.4 Å². The van der Waals surface area contributed by atoms with Crippen LogP contribution < -0.4 is 18.9 Å². The van der Waals surface area contributed by atoms with Gasteiger partial charge in [0.1, 0.15) is 23.0 Å². The number of ether oxygens (including phenoxy) is 4.